The number of hydrogen-bond donors (Lipinski definition) is 1. The zero-order chi connectivity index (χ0) is 24.5. The second-order valence-electron chi connectivity index (χ2n) is 7.79. The SMILES string of the molecule is CCOC(=O)c1ccc(N2C(=O)C(O)=C(S(=O)(=O)c3ccccc3)[C@@H]2c2ccc(C)cc2)cc1. The molecule has 8 heteroatoms. The van der Waals surface area contributed by atoms with Crippen LogP contribution in [0.5, 0.6) is 0 Å². The average Bonchev–Trinajstić information content (AvgIpc) is 3.11. The summed E-state index contributed by atoms with van der Waals surface area (Å²) in [6.45, 7) is 3.81. The largest absolute Gasteiger partial charge is 0.502 e. The summed E-state index contributed by atoms with van der Waals surface area (Å²) in [6.07, 6.45) is 0. The Balaban J connectivity index is 1.85. The van der Waals surface area contributed by atoms with E-state index in [0.717, 1.165) is 5.56 Å². The molecule has 0 fully saturated rings. The van der Waals surface area contributed by atoms with Gasteiger partial charge in [-0.15, -0.1) is 0 Å². The predicted molar refractivity (Wildman–Crippen MR) is 127 cm³/mol. The van der Waals surface area contributed by atoms with Crippen LogP contribution in [0.1, 0.15) is 34.5 Å². The van der Waals surface area contributed by atoms with E-state index in [0.29, 0.717) is 16.8 Å². The Hall–Kier alpha value is -3.91. The highest BCUT2D eigenvalue weighted by Gasteiger charge is 2.47. The second-order valence-corrected chi connectivity index (χ2v) is 9.70. The molecule has 174 valence electrons. The first kappa shape index (κ1) is 23.3. The number of carbonyl (C=O) groups is 2. The van der Waals surface area contributed by atoms with E-state index in [1.807, 2.05) is 19.1 Å². The minimum absolute atomic E-state index is 0.0269. The molecule has 1 aliphatic rings. The third-order valence-electron chi connectivity index (χ3n) is 5.55. The van der Waals surface area contributed by atoms with Gasteiger partial charge in [-0.2, -0.15) is 0 Å². The number of ether oxygens (including phenoxy) is 1. The Morgan fingerprint density at radius 1 is 0.971 bits per heavy atom. The number of benzene rings is 3. The van der Waals surface area contributed by atoms with Gasteiger partial charge in [0.25, 0.3) is 5.91 Å². The third-order valence-corrected chi connectivity index (χ3v) is 7.44. The number of sulfone groups is 1. The lowest BCUT2D eigenvalue weighted by molar-refractivity contribution is -0.117. The van der Waals surface area contributed by atoms with E-state index in [1.54, 1.807) is 37.3 Å². The molecule has 0 bridgehead atoms. The quantitative estimate of drug-likeness (QED) is 0.525. The maximum atomic E-state index is 13.6. The molecule has 1 amide bonds. The second kappa shape index (κ2) is 9.15. The summed E-state index contributed by atoms with van der Waals surface area (Å²) in [7, 11) is -4.21. The first-order chi connectivity index (χ1) is 16.3. The van der Waals surface area contributed by atoms with E-state index < -0.39 is 33.5 Å². The lowest BCUT2D eigenvalue weighted by Gasteiger charge is -2.27. The third kappa shape index (κ3) is 4.08. The summed E-state index contributed by atoms with van der Waals surface area (Å²) >= 11 is 0. The molecule has 0 aliphatic carbocycles. The van der Waals surface area contributed by atoms with Gasteiger partial charge < -0.3 is 9.84 Å². The molecule has 0 radical (unpaired) electrons. The zero-order valence-electron chi connectivity index (χ0n) is 18.6. The number of aliphatic hydroxyl groups is 1. The maximum absolute atomic E-state index is 13.6. The van der Waals surface area contributed by atoms with Gasteiger partial charge in [-0.05, 0) is 55.8 Å². The van der Waals surface area contributed by atoms with Gasteiger partial charge in [0.1, 0.15) is 10.9 Å². The van der Waals surface area contributed by atoms with Crippen molar-refractivity contribution in [1.29, 1.82) is 0 Å². The molecule has 4 rings (SSSR count). The summed E-state index contributed by atoms with van der Waals surface area (Å²) < 4.78 is 32.1. The van der Waals surface area contributed by atoms with Crippen LogP contribution in [-0.4, -0.2) is 32.0 Å². The minimum atomic E-state index is -4.21. The number of carbonyl (C=O) groups excluding carboxylic acids is 2. The van der Waals surface area contributed by atoms with Crippen LogP contribution in [0.3, 0.4) is 0 Å². The van der Waals surface area contributed by atoms with Crippen LogP contribution in [0.25, 0.3) is 0 Å². The molecule has 1 aliphatic heterocycles. The monoisotopic (exact) mass is 477 g/mol. The van der Waals surface area contributed by atoms with Crippen LogP contribution in [0.15, 0.2) is 94.4 Å². The predicted octanol–water partition coefficient (Wildman–Crippen LogP) is 4.50. The van der Waals surface area contributed by atoms with E-state index >= 15 is 0 Å². The van der Waals surface area contributed by atoms with Crippen LogP contribution >= 0.6 is 0 Å². The van der Waals surface area contributed by atoms with Crippen LogP contribution in [0.2, 0.25) is 0 Å². The number of esters is 1. The van der Waals surface area contributed by atoms with Crippen molar-refractivity contribution < 1.29 is 27.9 Å². The minimum Gasteiger partial charge on any atom is -0.502 e. The van der Waals surface area contributed by atoms with Gasteiger partial charge in [-0.25, -0.2) is 13.2 Å². The zero-order valence-corrected chi connectivity index (χ0v) is 19.5. The fourth-order valence-electron chi connectivity index (χ4n) is 3.87. The van der Waals surface area contributed by atoms with Crippen LogP contribution < -0.4 is 4.90 Å². The molecule has 1 heterocycles. The van der Waals surface area contributed by atoms with E-state index in [2.05, 4.69) is 0 Å². The van der Waals surface area contributed by atoms with Gasteiger partial charge >= 0.3 is 5.97 Å². The molecule has 1 atom stereocenters. The fraction of sp³-hybridized carbons (Fsp3) is 0.154. The van der Waals surface area contributed by atoms with Gasteiger partial charge in [0.2, 0.25) is 9.84 Å². The average molecular weight is 478 g/mol. The number of anilines is 1. The summed E-state index contributed by atoms with van der Waals surface area (Å²) in [6, 6.07) is 19.7. The van der Waals surface area contributed by atoms with E-state index in [9.17, 15) is 23.1 Å². The molecule has 0 saturated carbocycles. The summed E-state index contributed by atoms with van der Waals surface area (Å²) in [4.78, 5) is 26.1. The summed E-state index contributed by atoms with van der Waals surface area (Å²) in [5.74, 6) is -2.18. The molecule has 3 aromatic rings. The van der Waals surface area contributed by atoms with Crippen molar-refractivity contribution in [2.24, 2.45) is 0 Å². The fourth-order valence-corrected chi connectivity index (χ4v) is 5.52. The van der Waals surface area contributed by atoms with Crippen molar-refractivity contribution in [2.45, 2.75) is 24.8 Å². The Morgan fingerprint density at radius 3 is 2.18 bits per heavy atom. The first-order valence-corrected chi connectivity index (χ1v) is 12.1. The molecule has 7 nitrogen and oxygen atoms in total. The van der Waals surface area contributed by atoms with Gasteiger partial charge in [0, 0.05) is 5.69 Å². The van der Waals surface area contributed by atoms with E-state index in [1.165, 1.54) is 41.3 Å². The molecule has 0 unspecified atom stereocenters. The molecular weight excluding hydrogens is 454 g/mol. The van der Waals surface area contributed by atoms with Crippen molar-refractivity contribution in [3.8, 4) is 0 Å². The Bertz CT molecular complexity index is 1360. The van der Waals surface area contributed by atoms with Gasteiger partial charge in [0.15, 0.2) is 5.76 Å². The normalized spacial score (nSPS) is 16.1. The molecule has 1 N–H and O–H groups in total. The standard InChI is InChI=1S/C26H23NO6S/c1-3-33-26(30)19-13-15-20(16-14-19)27-22(18-11-9-17(2)10-12-18)24(23(28)25(27)29)34(31,32)21-7-5-4-6-8-21/h4-16,22,28H,3H2,1-2H3/t22-/m0/s1. The first-order valence-electron chi connectivity index (χ1n) is 10.7. The number of aryl methyl sites for hydroxylation is 1. The van der Waals surface area contributed by atoms with Gasteiger partial charge in [-0.3, -0.25) is 9.69 Å². The number of rotatable bonds is 6. The molecule has 0 saturated heterocycles. The van der Waals surface area contributed by atoms with Crippen molar-refractivity contribution in [1.82, 2.24) is 0 Å². The Morgan fingerprint density at radius 2 is 1.59 bits per heavy atom. The lowest BCUT2D eigenvalue weighted by Crippen LogP contribution is -2.31. The van der Waals surface area contributed by atoms with Crippen molar-refractivity contribution >= 4 is 27.4 Å². The summed E-state index contributed by atoms with van der Waals surface area (Å²) in [5, 5.41) is 10.8. The van der Waals surface area contributed by atoms with Crippen molar-refractivity contribution in [3.63, 3.8) is 0 Å². The lowest BCUT2D eigenvalue weighted by atomic mass is 10.0. The number of amides is 1. The Kier molecular flexibility index (Phi) is 6.26. The highest BCUT2D eigenvalue weighted by atomic mass is 32.2. The van der Waals surface area contributed by atoms with E-state index in [4.69, 9.17) is 4.74 Å². The van der Waals surface area contributed by atoms with E-state index in [-0.39, 0.29) is 16.4 Å². The number of aliphatic hydroxyl groups excluding tert-OH is 1. The maximum Gasteiger partial charge on any atom is 0.338 e. The number of nitrogens with zero attached hydrogens (tertiary/aromatic N) is 1. The summed E-state index contributed by atoms with van der Waals surface area (Å²) in [5.41, 5.74) is 2.10. The van der Waals surface area contributed by atoms with Crippen molar-refractivity contribution in [2.75, 3.05) is 11.5 Å². The highest BCUT2D eigenvalue weighted by molar-refractivity contribution is 7.95. The van der Waals surface area contributed by atoms with Crippen LogP contribution in [-0.2, 0) is 19.4 Å². The number of hydrogen-bond acceptors (Lipinski definition) is 6. The van der Waals surface area contributed by atoms with Gasteiger partial charge in [0.05, 0.1) is 17.1 Å². The molecule has 0 spiro atoms. The topological polar surface area (TPSA) is 101 Å². The Labute approximate surface area is 197 Å². The molecule has 34 heavy (non-hydrogen) atoms. The molecule has 0 aromatic heterocycles. The van der Waals surface area contributed by atoms with Crippen LogP contribution in [0.4, 0.5) is 5.69 Å². The van der Waals surface area contributed by atoms with Gasteiger partial charge in [-0.1, -0.05) is 48.0 Å². The van der Waals surface area contributed by atoms with Crippen molar-refractivity contribution in [3.05, 3.63) is 106 Å². The smallest absolute Gasteiger partial charge is 0.338 e. The molecule has 3 aromatic carbocycles. The molecular formula is C26H23NO6S. The highest BCUT2D eigenvalue weighted by Crippen LogP contribution is 2.44. The van der Waals surface area contributed by atoms with Crippen LogP contribution in [0, 0.1) is 6.92 Å².